The lowest BCUT2D eigenvalue weighted by atomic mass is 11.4. The summed E-state index contributed by atoms with van der Waals surface area (Å²) in [5.41, 5.74) is 0. The van der Waals surface area contributed by atoms with Gasteiger partial charge in [-0.05, 0) is 5.17 Å². The van der Waals surface area contributed by atoms with E-state index in [1.54, 1.807) is 0 Å². The van der Waals surface area contributed by atoms with Crippen molar-refractivity contribution in [1.29, 1.82) is 0 Å². The maximum atomic E-state index is 9.96. The van der Waals surface area contributed by atoms with Crippen LogP contribution in [-0.4, -0.2) is 20.5 Å². The van der Waals surface area contributed by atoms with Crippen LogP contribution in [0.5, 0.6) is 0 Å². The Hall–Kier alpha value is -0.490. The molecule has 0 aromatic carbocycles. The Morgan fingerprint density at radius 1 is 2.00 bits per heavy atom. The van der Waals surface area contributed by atoms with Crippen molar-refractivity contribution in [3.05, 3.63) is 5.21 Å². The van der Waals surface area contributed by atoms with E-state index in [1.165, 1.54) is 0 Å². The Kier molecular flexibility index (Phi) is 1.03. The second-order valence-electron chi connectivity index (χ2n) is 0.958. The van der Waals surface area contributed by atoms with Gasteiger partial charge in [-0.2, -0.15) is 5.21 Å². The quantitative estimate of drug-likeness (QED) is 0.282. The van der Waals surface area contributed by atoms with E-state index in [2.05, 4.69) is 5.22 Å². The van der Waals surface area contributed by atoms with Gasteiger partial charge in [-0.25, -0.2) is 0 Å². The van der Waals surface area contributed by atoms with Gasteiger partial charge in [0.05, 0.1) is 0 Å². The third-order valence-electron chi connectivity index (χ3n) is 0.460. The summed E-state index contributed by atoms with van der Waals surface area (Å²) in [6, 6.07) is 0. The summed E-state index contributed by atoms with van der Waals surface area (Å²) in [6.45, 7) is 0. The van der Waals surface area contributed by atoms with Gasteiger partial charge in [0.15, 0.2) is 0 Å². The molecule has 40 valence electrons. The monoisotopic (exact) mass is 121 g/mol. The summed E-state index contributed by atoms with van der Waals surface area (Å²) in [4.78, 5) is 0. The molecule has 1 rings (SSSR count). The van der Waals surface area contributed by atoms with E-state index >= 15 is 0 Å². The Bertz CT molecular complexity index is 103. The van der Waals surface area contributed by atoms with Crippen LogP contribution in [0.2, 0.25) is 0 Å². The smallest absolute Gasteiger partial charge is 0.231 e. The second kappa shape index (κ2) is 1.55. The maximum Gasteiger partial charge on any atom is 0.231 e. The average Bonchev–Trinajstić information content (AvgIpc) is 1.87. The van der Waals surface area contributed by atoms with Crippen LogP contribution in [0.25, 0.3) is 0 Å². The van der Waals surface area contributed by atoms with Crippen LogP contribution < -0.4 is 0 Å². The van der Waals surface area contributed by atoms with Crippen LogP contribution >= 0.6 is 11.9 Å². The third-order valence-corrected chi connectivity index (χ3v) is 1.10. The van der Waals surface area contributed by atoms with Crippen molar-refractivity contribution < 1.29 is 9.47 Å². The fraction of sp³-hybridized carbons (Fsp3) is 1.00. The Morgan fingerprint density at radius 3 is 2.86 bits per heavy atom. The van der Waals surface area contributed by atoms with Gasteiger partial charge in [0.2, 0.25) is 5.88 Å². The van der Waals surface area contributed by atoms with E-state index < -0.39 is 0 Å². The summed E-state index contributed by atoms with van der Waals surface area (Å²) >= 11 is 0.892. The summed E-state index contributed by atoms with van der Waals surface area (Å²) in [5, 5.41) is 21.9. The zero-order chi connectivity index (χ0) is 5.28. The van der Waals surface area contributed by atoms with Crippen molar-refractivity contribution in [2.45, 2.75) is 0 Å². The van der Waals surface area contributed by atoms with Gasteiger partial charge in [0, 0.05) is 0 Å². The molecular formula is CH3N3O2S. The minimum absolute atomic E-state index is 0.226. The van der Waals surface area contributed by atoms with E-state index in [1.807, 2.05) is 0 Å². The lowest BCUT2D eigenvalue weighted by Crippen LogP contribution is -2.03. The van der Waals surface area contributed by atoms with Crippen molar-refractivity contribution in [2.75, 3.05) is 5.88 Å². The number of hydrogen-bond donors (Lipinski definition) is 1. The van der Waals surface area contributed by atoms with Gasteiger partial charge in [-0.1, -0.05) is 4.27 Å². The van der Waals surface area contributed by atoms with Crippen LogP contribution in [0.4, 0.5) is 0 Å². The van der Waals surface area contributed by atoms with E-state index in [9.17, 15) is 5.21 Å². The molecule has 1 aliphatic heterocycles. The topological polar surface area (TPSA) is 61.9 Å². The van der Waals surface area contributed by atoms with Crippen molar-refractivity contribution in [1.82, 2.24) is 5.17 Å². The molecule has 0 aromatic rings. The predicted octanol–water partition coefficient (Wildman–Crippen LogP) is 0.174. The van der Waals surface area contributed by atoms with Gasteiger partial charge >= 0.3 is 0 Å². The number of hydroxylamine groups is 1. The molecule has 0 radical (unpaired) electrons. The second-order valence-corrected chi connectivity index (χ2v) is 1.79. The van der Waals surface area contributed by atoms with Crippen molar-refractivity contribution in [2.24, 2.45) is 5.22 Å². The van der Waals surface area contributed by atoms with E-state index in [0.717, 1.165) is 11.9 Å². The van der Waals surface area contributed by atoms with Crippen molar-refractivity contribution in [3.8, 4) is 0 Å². The fourth-order valence-electron chi connectivity index (χ4n) is 0.237. The van der Waals surface area contributed by atoms with E-state index in [0.29, 0.717) is 9.44 Å². The van der Waals surface area contributed by atoms with Gasteiger partial charge in [-0.3, -0.25) is 0 Å². The summed E-state index contributed by atoms with van der Waals surface area (Å²) in [6.07, 6.45) is 0. The van der Waals surface area contributed by atoms with Crippen LogP contribution in [0.3, 0.4) is 0 Å². The molecular weight excluding hydrogens is 118 g/mol. The van der Waals surface area contributed by atoms with Gasteiger partial charge in [-0.15, -0.1) is 0 Å². The minimum Gasteiger partial charge on any atom is -0.684 e. The molecule has 0 bridgehead atoms. The average molecular weight is 121 g/mol. The zero-order valence-electron chi connectivity index (χ0n) is 3.31. The van der Waals surface area contributed by atoms with Crippen LogP contribution in [0.1, 0.15) is 0 Å². The standard InChI is InChI=1S/CH3N3O2S/c5-3-1-7-4(6)2-3/h5H,1H2. The number of rotatable bonds is 0. The highest BCUT2D eigenvalue weighted by Crippen LogP contribution is 2.11. The molecule has 1 N–H and O–H groups in total. The van der Waals surface area contributed by atoms with Gasteiger partial charge in [0.25, 0.3) is 0 Å². The lowest BCUT2D eigenvalue weighted by Gasteiger charge is -1.86. The Morgan fingerprint density at radius 2 is 2.71 bits per heavy atom. The van der Waals surface area contributed by atoms with Crippen molar-refractivity contribution >= 4 is 11.9 Å². The minimum atomic E-state index is 0.226. The highest BCUT2D eigenvalue weighted by molar-refractivity contribution is 7.93. The molecule has 0 fully saturated rings. The van der Waals surface area contributed by atoms with Crippen LogP contribution in [0, 0.1) is 5.21 Å². The predicted molar refractivity (Wildman–Crippen MR) is 22.1 cm³/mol. The molecule has 0 atom stereocenters. The largest absolute Gasteiger partial charge is 0.684 e. The molecule has 0 spiro atoms. The molecule has 6 heteroatoms. The Labute approximate surface area is 43.9 Å². The van der Waals surface area contributed by atoms with Gasteiger partial charge < -0.3 is 5.21 Å². The zero-order valence-corrected chi connectivity index (χ0v) is 4.13. The fourth-order valence-corrected chi connectivity index (χ4v) is 0.627. The molecule has 0 unspecified atom stereocenters. The molecule has 1 heterocycles. The maximum absolute atomic E-state index is 9.96. The highest BCUT2D eigenvalue weighted by atomic mass is 32.2. The first-order valence-electron chi connectivity index (χ1n) is 1.57. The lowest BCUT2D eigenvalue weighted by molar-refractivity contribution is -0.378. The molecule has 7 heavy (non-hydrogen) atoms. The molecule has 0 aliphatic carbocycles. The normalized spacial score (nSPS) is 20.1. The Balaban J connectivity index is 2.50. The van der Waals surface area contributed by atoms with Crippen molar-refractivity contribution in [3.63, 3.8) is 0 Å². The van der Waals surface area contributed by atoms with E-state index in [-0.39, 0.29) is 5.88 Å². The first kappa shape index (κ1) is 4.66. The molecule has 0 saturated heterocycles. The number of nitrogens with zero attached hydrogens (tertiary/aromatic N) is 3. The van der Waals surface area contributed by atoms with Crippen LogP contribution in [-0.2, 0) is 0 Å². The molecule has 1 aliphatic rings. The molecule has 0 saturated carbocycles. The summed E-state index contributed by atoms with van der Waals surface area (Å²) in [5.74, 6) is 0.226. The third kappa shape index (κ3) is 0.937. The highest BCUT2D eigenvalue weighted by Gasteiger charge is 2.15. The number of hydrogen-bond acceptors (Lipinski definition) is 5. The van der Waals surface area contributed by atoms with E-state index in [4.69, 9.17) is 5.21 Å². The molecule has 0 aromatic heterocycles. The summed E-state index contributed by atoms with van der Waals surface area (Å²) in [7, 11) is 0. The molecule has 0 amide bonds. The van der Waals surface area contributed by atoms with Gasteiger partial charge in [0.1, 0.15) is 17.2 Å². The summed E-state index contributed by atoms with van der Waals surface area (Å²) < 4.78 is 0.347. The first-order chi connectivity index (χ1) is 3.29. The molecule has 5 nitrogen and oxygen atoms in total. The SMILES string of the molecule is [O-][N+]1=NN(O)CS1. The van der Waals surface area contributed by atoms with Crippen LogP contribution in [0.15, 0.2) is 5.22 Å². The first-order valence-corrected chi connectivity index (χ1v) is 2.51.